The maximum absolute atomic E-state index is 12.8. The monoisotopic (exact) mass is 480 g/mol. The normalized spacial score (nSPS) is 14.6. The van der Waals surface area contributed by atoms with E-state index in [1.54, 1.807) is 19.2 Å². The van der Waals surface area contributed by atoms with E-state index < -0.39 is 17.2 Å². The molecule has 0 atom stereocenters. The van der Waals surface area contributed by atoms with Crippen LogP contribution in [0.2, 0.25) is 5.02 Å². The molecule has 176 valence electrons. The highest BCUT2D eigenvalue weighted by Crippen LogP contribution is 2.32. The standard InChI is InChI=1S/C24H24ClF3N2O3/c1-23(2,14-33-3)21(31)11-5-15-4-10-19(25)18(12-15)20-13-22(32)30(29-20)17-8-6-16(7-9-17)24(26,27)28/h4,6-10,12H,5,11,13-14H2,1-3H3. The SMILES string of the molecule is COCC(C)(C)C(=O)CCc1ccc(Cl)c(C2=NN(c3ccc(C(F)(F)F)cc3)C(=O)C2)c1. The number of amides is 1. The van der Waals surface area contributed by atoms with Gasteiger partial charge in [0.1, 0.15) is 5.78 Å². The fourth-order valence-electron chi connectivity index (χ4n) is 3.56. The molecular weight excluding hydrogens is 457 g/mol. The minimum atomic E-state index is -4.46. The van der Waals surface area contributed by atoms with Crippen LogP contribution >= 0.6 is 11.6 Å². The van der Waals surface area contributed by atoms with Crippen molar-refractivity contribution in [2.45, 2.75) is 39.3 Å². The number of carbonyl (C=O) groups excluding carboxylic acids is 2. The molecule has 0 spiro atoms. The molecule has 3 rings (SSSR count). The molecule has 2 aromatic carbocycles. The summed E-state index contributed by atoms with van der Waals surface area (Å²) < 4.78 is 43.5. The number of alkyl halides is 3. The van der Waals surface area contributed by atoms with Crippen molar-refractivity contribution in [3.05, 3.63) is 64.2 Å². The van der Waals surface area contributed by atoms with Crippen LogP contribution in [0.1, 0.15) is 43.4 Å². The number of hydrogen-bond acceptors (Lipinski definition) is 4. The van der Waals surface area contributed by atoms with Gasteiger partial charge in [0.25, 0.3) is 5.91 Å². The Balaban J connectivity index is 1.79. The van der Waals surface area contributed by atoms with E-state index in [4.69, 9.17) is 16.3 Å². The average Bonchev–Trinajstić information content (AvgIpc) is 3.13. The highest BCUT2D eigenvalue weighted by Gasteiger charge is 2.32. The number of ketones is 1. The Bertz CT molecular complexity index is 1080. The Morgan fingerprint density at radius 2 is 1.82 bits per heavy atom. The second-order valence-corrected chi connectivity index (χ2v) is 8.94. The largest absolute Gasteiger partial charge is 0.416 e. The summed E-state index contributed by atoms with van der Waals surface area (Å²) in [5.41, 5.74) is 0.674. The second kappa shape index (κ2) is 9.65. The number of anilines is 1. The van der Waals surface area contributed by atoms with Gasteiger partial charge in [0.05, 0.1) is 30.0 Å². The van der Waals surface area contributed by atoms with E-state index in [1.165, 1.54) is 12.1 Å². The quantitative estimate of drug-likeness (QED) is 0.489. The van der Waals surface area contributed by atoms with Crippen molar-refractivity contribution >= 4 is 34.7 Å². The van der Waals surface area contributed by atoms with Gasteiger partial charge in [0.2, 0.25) is 0 Å². The van der Waals surface area contributed by atoms with Crippen LogP contribution in [-0.4, -0.2) is 31.1 Å². The minimum absolute atomic E-state index is 0.0377. The molecular formula is C24H24ClF3N2O3. The highest BCUT2D eigenvalue weighted by atomic mass is 35.5. The molecule has 0 saturated carbocycles. The molecule has 1 aliphatic rings. The van der Waals surface area contributed by atoms with Crippen LogP contribution in [-0.2, 0) is 26.9 Å². The van der Waals surface area contributed by atoms with E-state index in [1.807, 2.05) is 19.9 Å². The van der Waals surface area contributed by atoms with Crippen LogP contribution in [0.25, 0.3) is 0 Å². The molecule has 0 aromatic heterocycles. The van der Waals surface area contributed by atoms with Gasteiger partial charge >= 0.3 is 6.18 Å². The molecule has 9 heteroatoms. The maximum Gasteiger partial charge on any atom is 0.416 e. The molecule has 0 unspecified atom stereocenters. The zero-order valence-corrected chi connectivity index (χ0v) is 19.3. The molecule has 1 amide bonds. The molecule has 1 aliphatic heterocycles. The van der Waals surface area contributed by atoms with Gasteiger partial charge < -0.3 is 4.74 Å². The topological polar surface area (TPSA) is 59.0 Å². The lowest BCUT2D eigenvalue weighted by Crippen LogP contribution is -2.29. The fraction of sp³-hybridized carbons (Fsp3) is 0.375. The molecule has 1 heterocycles. The van der Waals surface area contributed by atoms with Gasteiger partial charge in [0.15, 0.2) is 0 Å². The molecule has 33 heavy (non-hydrogen) atoms. The van der Waals surface area contributed by atoms with Gasteiger partial charge in [0, 0.05) is 29.5 Å². The lowest BCUT2D eigenvalue weighted by Gasteiger charge is -2.21. The number of methoxy groups -OCH3 is 1. The predicted octanol–water partition coefficient (Wildman–Crippen LogP) is 5.67. The van der Waals surface area contributed by atoms with Gasteiger partial charge in [-0.05, 0) is 48.4 Å². The summed E-state index contributed by atoms with van der Waals surface area (Å²) >= 11 is 6.35. The van der Waals surface area contributed by atoms with Crippen molar-refractivity contribution in [2.24, 2.45) is 10.5 Å². The van der Waals surface area contributed by atoms with Gasteiger partial charge in [-0.15, -0.1) is 0 Å². The van der Waals surface area contributed by atoms with E-state index in [9.17, 15) is 22.8 Å². The van der Waals surface area contributed by atoms with Gasteiger partial charge in [-0.3, -0.25) is 9.59 Å². The number of ether oxygens (including phenoxy) is 1. The Kier molecular flexibility index (Phi) is 7.29. The molecule has 0 N–H and O–H groups in total. The number of hydrogen-bond donors (Lipinski definition) is 0. The summed E-state index contributed by atoms with van der Waals surface area (Å²) in [4.78, 5) is 25.0. The van der Waals surface area contributed by atoms with Crippen molar-refractivity contribution < 1.29 is 27.5 Å². The van der Waals surface area contributed by atoms with Crippen molar-refractivity contribution in [3.8, 4) is 0 Å². The average molecular weight is 481 g/mol. The molecule has 0 radical (unpaired) electrons. The summed E-state index contributed by atoms with van der Waals surface area (Å²) in [5.74, 6) is -0.301. The molecule has 2 aromatic rings. The lowest BCUT2D eigenvalue weighted by molar-refractivity contribution is -0.137. The zero-order chi connectivity index (χ0) is 24.4. The summed E-state index contributed by atoms with van der Waals surface area (Å²) in [6.45, 7) is 4.00. The minimum Gasteiger partial charge on any atom is -0.384 e. The van der Waals surface area contributed by atoms with E-state index in [2.05, 4.69) is 5.10 Å². The number of halogens is 4. The number of benzene rings is 2. The maximum atomic E-state index is 12.8. The number of rotatable bonds is 8. The first kappa shape index (κ1) is 24.9. The van der Waals surface area contributed by atoms with Crippen LogP contribution in [0.3, 0.4) is 0 Å². The smallest absolute Gasteiger partial charge is 0.384 e. The first-order valence-electron chi connectivity index (χ1n) is 10.3. The second-order valence-electron chi connectivity index (χ2n) is 8.53. The van der Waals surface area contributed by atoms with Gasteiger partial charge in [-0.2, -0.15) is 18.3 Å². The zero-order valence-electron chi connectivity index (χ0n) is 18.5. The summed E-state index contributed by atoms with van der Waals surface area (Å²) in [6.07, 6.45) is -3.69. The van der Waals surface area contributed by atoms with E-state index in [-0.39, 0.29) is 23.8 Å². The van der Waals surface area contributed by atoms with Crippen LogP contribution in [0, 0.1) is 5.41 Å². The van der Waals surface area contributed by atoms with Crippen LogP contribution < -0.4 is 5.01 Å². The van der Waals surface area contributed by atoms with Crippen molar-refractivity contribution in [1.29, 1.82) is 0 Å². The first-order chi connectivity index (χ1) is 15.4. The highest BCUT2D eigenvalue weighted by molar-refractivity contribution is 6.35. The number of carbonyl (C=O) groups is 2. The van der Waals surface area contributed by atoms with Gasteiger partial charge in [-0.1, -0.05) is 31.5 Å². The van der Waals surface area contributed by atoms with Crippen LogP contribution in [0.15, 0.2) is 47.6 Å². The molecule has 0 fully saturated rings. The Morgan fingerprint density at radius 3 is 2.42 bits per heavy atom. The molecule has 5 nitrogen and oxygen atoms in total. The number of nitrogens with zero attached hydrogens (tertiary/aromatic N) is 2. The van der Waals surface area contributed by atoms with E-state index >= 15 is 0 Å². The molecule has 0 bridgehead atoms. The summed E-state index contributed by atoms with van der Waals surface area (Å²) in [5, 5.41) is 5.79. The first-order valence-corrected chi connectivity index (χ1v) is 10.7. The third kappa shape index (κ3) is 5.81. The Labute approximate surface area is 195 Å². The number of aryl methyl sites for hydroxylation is 1. The third-order valence-electron chi connectivity index (χ3n) is 5.46. The Hall–Kier alpha value is -2.71. The van der Waals surface area contributed by atoms with E-state index in [0.717, 1.165) is 22.7 Å². The molecule has 0 aliphatic carbocycles. The Morgan fingerprint density at radius 1 is 1.15 bits per heavy atom. The third-order valence-corrected chi connectivity index (χ3v) is 5.79. The van der Waals surface area contributed by atoms with Crippen LogP contribution in [0.4, 0.5) is 18.9 Å². The summed E-state index contributed by atoms with van der Waals surface area (Å²) in [6, 6.07) is 9.52. The number of hydrazone groups is 1. The van der Waals surface area contributed by atoms with Gasteiger partial charge in [-0.25, -0.2) is 5.01 Å². The van der Waals surface area contributed by atoms with Crippen molar-refractivity contribution in [2.75, 3.05) is 18.7 Å². The molecule has 0 saturated heterocycles. The van der Waals surface area contributed by atoms with E-state index in [0.29, 0.717) is 35.7 Å². The van der Waals surface area contributed by atoms with Crippen molar-refractivity contribution in [3.63, 3.8) is 0 Å². The fourth-order valence-corrected chi connectivity index (χ4v) is 3.79. The number of Topliss-reactive ketones (excluding diaryl/α,β-unsaturated/α-hetero) is 1. The lowest BCUT2D eigenvalue weighted by atomic mass is 9.86. The predicted molar refractivity (Wildman–Crippen MR) is 121 cm³/mol. The van der Waals surface area contributed by atoms with Crippen LogP contribution in [0.5, 0.6) is 0 Å². The summed E-state index contributed by atoms with van der Waals surface area (Å²) in [7, 11) is 1.55. The van der Waals surface area contributed by atoms with Crippen molar-refractivity contribution in [1.82, 2.24) is 0 Å².